The van der Waals surface area contributed by atoms with E-state index < -0.39 is 0 Å². The molecule has 1 heterocycles. The Balaban J connectivity index is 1.94. The van der Waals surface area contributed by atoms with Crippen LogP contribution in [0.25, 0.3) is 0 Å². The van der Waals surface area contributed by atoms with Crippen molar-refractivity contribution in [3.63, 3.8) is 0 Å². The van der Waals surface area contributed by atoms with Crippen LogP contribution >= 0.6 is 0 Å². The van der Waals surface area contributed by atoms with Crippen LogP contribution in [0.1, 0.15) is 18.4 Å². The standard InChI is InChI=1S/C14H21N3O2/c1-15-10-12-6-8-16(9-7-12)11-13-4-2-3-5-14(13)17(18)19/h2-5,12,15H,6-11H2,1H3. The number of hydrogen-bond acceptors (Lipinski definition) is 4. The number of benzene rings is 1. The number of para-hydroxylation sites is 1. The maximum atomic E-state index is 11.0. The lowest BCUT2D eigenvalue weighted by Gasteiger charge is -2.31. The van der Waals surface area contributed by atoms with E-state index in [1.807, 2.05) is 19.2 Å². The molecule has 1 aliphatic rings. The zero-order valence-corrected chi connectivity index (χ0v) is 11.3. The van der Waals surface area contributed by atoms with Crippen LogP contribution < -0.4 is 5.32 Å². The fourth-order valence-corrected chi connectivity index (χ4v) is 2.70. The molecule has 1 aromatic carbocycles. The molecule has 1 fully saturated rings. The van der Waals surface area contributed by atoms with Crippen molar-refractivity contribution < 1.29 is 4.92 Å². The number of nitrogens with zero attached hydrogens (tertiary/aromatic N) is 2. The molecule has 19 heavy (non-hydrogen) atoms. The van der Waals surface area contributed by atoms with Crippen LogP contribution in [0.2, 0.25) is 0 Å². The molecule has 0 atom stereocenters. The SMILES string of the molecule is CNCC1CCN(Cc2ccccc2[N+](=O)[O-])CC1. The third kappa shape index (κ3) is 3.75. The Morgan fingerprint density at radius 2 is 2.05 bits per heavy atom. The molecule has 104 valence electrons. The van der Waals surface area contributed by atoms with Crippen molar-refractivity contribution in [2.75, 3.05) is 26.7 Å². The molecule has 0 saturated carbocycles. The van der Waals surface area contributed by atoms with Gasteiger partial charge in [-0.15, -0.1) is 0 Å². The minimum absolute atomic E-state index is 0.236. The quantitative estimate of drug-likeness (QED) is 0.652. The van der Waals surface area contributed by atoms with Gasteiger partial charge in [0.2, 0.25) is 0 Å². The lowest BCUT2D eigenvalue weighted by molar-refractivity contribution is -0.385. The highest BCUT2D eigenvalue weighted by Gasteiger charge is 2.21. The van der Waals surface area contributed by atoms with Crippen LogP contribution in [0.3, 0.4) is 0 Å². The van der Waals surface area contributed by atoms with E-state index in [1.54, 1.807) is 12.1 Å². The zero-order valence-electron chi connectivity index (χ0n) is 11.3. The molecule has 1 saturated heterocycles. The summed E-state index contributed by atoms with van der Waals surface area (Å²) in [5, 5.41) is 14.2. The predicted octanol–water partition coefficient (Wildman–Crippen LogP) is 2.03. The minimum atomic E-state index is -0.289. The van der Waals surface area contributed by atoms with Crippen molar-refractivity contribution in [1.29, 1.82) is 0 Å². The Bertz CT molecular complexity index is 428. The summed E-state index contributed by atoms with van der Waals surface area (Å²) in [4.78, 5) is 13.0. The molecule has 0 amide bonds. The number of rotatable bonds is 5. The van der Waals surface area contributed by atoms with Crippen molar-refractivity contribution in [3.8, 4) is 0 Å². The summed E-state index contributed by atoms with van der Waals surface area (Å²) in [7, 11) is 1.99. The molecular weight excluding hydrogens is 242 g/mol. The van der Waals surface area contributed by atoms with E-state index in [4.69, 9.17) is 0 Å². The second-order valence-corrected chi connectivity index (χ2v) is 5.16. The van der Waals surface area contributed by atoms with Gasteiger partial charge in [-0.2, -0.15) is 0 Å². The van der Waals surface area contributed by atoms with Gasteiger partial charge >= 0.3 is 0 Å². The van der Waals surface area contributed by atoms with Gasteiger partial charge in [-0.25, -0.2) is 0 Å². The minimum Gasteiger partial charge on any atom is -0.319 e. The second kappa shape index (κ2) is 6.63. The summed E-state index contributed by atoms with van der Waals surface area (Å²) in [6, 6.07) is 7.04. The third-order valence-corrected chi connectivity index (χ3v) is 3.78. The van der Waals surface area contributed by atoms with E-state index in [-0.39, 0.29) is 10.6 Å². The molecule has 0 aliphatic carbocycles. The maximum absolute atomic E-state index is 11.0. The monoisotopic (exact) mass is 263 g/mol. The molecule has 0 unspecified atom stereocenters. The Labute approximate surface area is 113 Å². The van der Waals surface area contributed by atoms with Crippen molar-refractivity contribution in [2.45, 2.75) is 19.4 Å². The third-order valence-electron chi connectivity index (χ3n) is 3.78. The van der Waals surface area contributed by atoms with Gasteiger partial charge in [0.1, 0.15) is 0 Å². The molecule has 1 aliphatic heterocycles. The normalized spacial score (nSPS) is 17.5. The molecule has 0 aromatic heterocycles. The summed E-state index contributed by atoms with van der Waals surface area (Å²) >= 11 is 0. The molecule has 1 N–H and O–H groups in total. The summed E-state index contributed by atoms with van der Waals surface area (Å²) in [5.74, 6) is 0.743. The van der Waals surface area contributed by atoms with Gasteiger partial charge in [0.15, 0.2) is 0 Å². The number of piperidine rings is 1. The van der Waals surface area contributed by atoms with E-state index in [9.17, 15) is 10.1 Å². The highest BCUT2D eigenvalue weighted by molar-refractivity contribution is 5.39. The molecule has 1 aromatic rings. The topological polar surface area (TPSA) is 58.4 Å². The summed E-state index contributed by atoms with van der Waals surface area (Å²) < 4.78 is 0. The number of hydrogen-bond donors (Lipinski definition) is 1. The fourth-order valence-electron chi connectivity index (χ4n) is 2.70. The van der Waals surface area contributed by atoms with Gasteiger partial charge in [0.25, 0.3) is 5.69 Å². The van der Waals surface area contributed by atoms with Crippen LogP contribution in [-0.4, -0.2) is 36.5 Å². The van der Waals surface area contributed by atoms with Gasteiger partial charge in [-0.05, 0) is 45.4 Å². The first-order chi connectivity index (χ1) is 9.20. The van der Waals surface area contributed by atoms with Gasteiger partial charge in [0.05, 0.1) is 4.92 Å². The first kappa shape index (κ1) is 14.0. The Morgan fingerprint density at radius 1 is 1.37 bits per heavy atom. The number of nitrogens with one attached hydrogen (secondary N) is 1. The van der Waals surface area contributed by atoms with Gasteiger partial charge in [0, 0.05) is 18.2 Å². The number of nitro groups is 1. The molecule has 2 rings (SSSR count). The van der Waals surface area contributed by atoms with Crippen LogP contribution in [0.5, 0.6) is 0 Å². The van der Waals surface area contributed by atoms with E-state index in [2.05, 4.69) is 10.2 Å². The zero-order chi connectivity index (χ0) is 13.7. The van der Waals surface area contributed by atoms with Gasteiger partial charge in [-0.3, -0.25) is 15.0 Å². The first-order valence-corrected chi connectivity index (χ1v) is 6.80. The summed E-state index contributed by atoms with van der Waals surface area (Å²) in [5.41, 5.74) is 1.06. The number of likely N-dealkylation sites (tertiary alicyclic amines) is 1. The molecule has 0 spiro atoms. The molecule has 0 bridgehead atoms. The summed E-state index contributed by atoms with van der Waals surface area (Å²) in [6.45, 7) is 3.81. The molecule has 5 nitrogen and oxygen atoms in total. The van der Waals surface area contributed by atoms with Crippen molar-refractivity contribution >= 4 is 5.69 Å². The van der Waals surface area contributed by atoms with E-state index >= 15 is 0 Å². The average molecular weight is 263 g/mol. The Hall–Kier alpha value is -1.46. The van der Waals surface area contributed by atoms with Crippen LogP contribution in [0.15, 0.2) is 24.3 Å². The largest absolute Gasteiger partial charge is 0.319 e. The Morgan fingerprint density at radius 3 is 2.68 bits per heavy atom. The Kier molecular flexibility index (Phi) is 4.87. The lowest BCUT2D eigenvalue weighted by atomic mass is 9.96. The van der Waals surface area contributed by atoms with Gasteiger partial charge in [-0.1, -0.05) is 18.2 Å². The highest BCUT2D eigenvalue weighted by atomic mass is 16.6. The average Bonchev–Trinajstić information content (AvgIpc) is 2.42. The van der Waals surface area contributed by atoms with Gasteiger partial charge < -0.3 is 5.32 Å². The van der Waals surface area contributed by atoms with E-state index in [0.29, 0.717) is 6.54 Å². The summed E-state index contributed by atoms with van der Waals surface area (Å²) in [6.07, 6.45) is 2.34. The van der Waals surface area contributed by atoms with Crippen LogP contribution in [0, 0.1) is 16.0 Å². The van der Waals surface area contributed by atoms with E-state index in [1.165, 1.54) is 12.8 Å². The highest BCUT2D eigenvalue weighted by Crippen LogP contribution is 2.23. The van der Waals surface area contributed by atoms with Crippen molar-refractivity contribution in [3.05, 3.63) is 39.9 Å². The van der Waals surface area contributed by atoms with Crippen LogP contribution in [0.4, 0.5) is 5.69 Å². The molecule has 5 heteroatoms. The smallest absolute Gasteiger partial charge is 0.273 e. The molecule has 0 radical (unpaired) electrons. The first-order valence-electron chi connectivity index (χ1n) is 6.80. The van der Waals surface area contributed by atoms with Crippen molar-refractivity contribution in [1.82, 2.24) is 10.2 Å². The number of nitro benzene ring substituents is 1. The van der Waals surface area contributed by atoms with Crippen LogP contribution in [-0.2, 0) is 6.54 Å². The van der Waals surface area contributed by atoms with E-state index in [0.717, 1.165) is 31.1 Å². The molecular formula is C14H21N3O2. The predicted molar refractivity (Wildman–Crippen MR) is 75.0 cm³/mol. The maximum Gasteiger partial charge on any atom is 0.273 e. The van der Waals surface area contributed by atoms with Crippen molar-refractivity contribution in [2.24, 2.45) is 5.92 Å². The lowest BCUT2D eigenvalue weighted by Crippen LogP contribution is -2.36. The second-order valence-electron chi connectivity index (χ2n) is 5.16. The fraction of sp³-hybridized carbons (Fsp3) is 0.571.